The number of aromatic nitrogens is 2. The molecule has 1 aliphatic rings. The van der Waals surface area contributed by atoms with Crippen molar-refractivity contribution in [1.82, 2.24) is 9.97 Å². The fraction of sp³-hybridized carbons (Fsp3) is 0.500. The Balaban J connectivity index is 1.55. The van der Waals surface area contributed by atoms with Crippen molar-refractivity contribution < 1.29 is 0 Å². The van der Waals surface area contributed by atoms with E-state index in [1.54, 1.807) is 0 Å². The molecule has 1 saturated heterocycles. The lowest BCUT2D eigenvalue weighted by Gasteiger charge is -2.33. The van der Waals surface area contributed by atoms with E-state index in [1.165, 1.54) is 24.8 Å². The molecule has 0 aliphatic carbocycles. The highest BCUT2D eigenvalue weighted by Crippen LogP contribution is 2.25. The van der Waals surface area contributed by atoms with Gasteiger partial charge in [-0.2, -0.15) is 4.98 Å². The highest BCUT2D eigenvalue weighted by atomic mass is 15.2. The van der Waals surface area contributed by atoms with E-state index in [9.17, 15) is 0 Å². The van der Waals surface area contributed by atoms with Gasteiger partial charge in [0.2, 0.25) is 5.95 Å². The first-order valence-corrected chi connectivity index (χ1v) is 9.13. The van der Waals surface area contributed by atoms with Crippen molar-refractivity contribution in [3.05, 3.63) is 48.2 Å². The monoisotopic (exact) mass is 324 g/mol. The van der Waals surface area contributed by atoms with Gasteiger partial charge in [-0.15, -0.1) is 0 Å². The normalized spacial score (nSPS) is 16.8. The van der Waals surface area contributed by atoms with Crippen molar-refractivity contribution in [3.63, 3.8) is 0 Å². The molecule has 3 rings (SSSR count). The molecule has 1 aromatic heterocycles. The van der Waals surface area contributed by atoms with Crippen LogP contribution in [-0.2, 0) is 6.42 Å². The van der Waals surface area contributed by atoms with Crippen LogP contribution in [0.5, 0.6) is 0 Å². The summed E-state index contributed by atoms with van der Waals surface area (Å²) in [4.78, 5) is 11.4. The van der Waals surface area contributed by atoms with E-state index >= 15 is 0 Å². The molecule has 1 aliphatic heterocycles. The van der Waals surface area contributed by atoms with Crippen LogP contribution in [0.25, 0.3) is 0 Å². The molecule has 0 amide bonds. The predicted octanol–water partition coefficient (Wildman–Crippen LogP) is 4.15. The van der Waals surface area contributed by atoms with Gasteiger partial charge in [0.05, 0.1) is 0 Å². The third kappa shape index (κ3) is 4.47. The molecule has 1 aromatic carbocycles. The average Bonchev–Trinajstić information content (AvgIpc) is 2.63. The number of hydrogen-bond donors (Lipinski definition) is 1. The standard InChI is InChI=1S/C20H28N4/c1-3-16(2)22-20-21-12-9-19(23-20)24-13-10-18(11-14-24)15-17-7-5-4-6-8-17/h4-9,12,16,18H,3,10-11,13-15H2,1-2H3,(H,21,22,23). The lowest BCUT2D eigenvalue weighted by molar-refractivity contribution is 0.402. The van der Waals surface area contributed by atoms with Crippen LogP contribution >= 0.6 is 0 Å². The highest BCUT2D eigenvalue weighted by molar-refractivity contribution is 5.43. The summed E-state index contributed by atoms with van der Waals surface area (Å²) in [6.45, 7) is 6.48. The minimum atomic E-state index is 0.400. The SMILES string of the molecule is CCC(C)Nc1nccc(N2CCC(Cc3ccccc3)CC2)n1. The molecule has 2 heterocycles. The van der Waals surface area contributed by atoms with E-state index in [2.05, 4.69) is 59.4 Å². The third-order valence-electron chi connectivity index (χ3n) is 4.93. The first-order valence-electron chi connectivity index (χ1n) is 9.13. The van der Waals surface area contributed by atoms with Crippen LogP contribution in [0.1, 0.15) is 38.7 Å². The van der Waals surface area contributed by atoms with Gasteiger partial charge in [0.15, 0.2) is 0 Å². The lowest BCUT2D eigenvalue weighted by Crippen LogP contribution is -2.35. The topological polar surface area (TPSA) is 41.1 Å². The average molecular weight is 324 g/mol. The summed E-state index contributed by atoms with van der Waals surface area (Å²) in [5.41, 5.74) is 1.46. The summed E-state index contributed by atoms with van der Waals surface area (Å²) in [5.74, 6) is 2.57. The molecule has 4 heteroatoms. The van der Waals surface area contributed by atoms with E-state index in [0.29, 0.717) is 6.04 Å². The number of anilines is 2. The number of hydrogen-bond acceptors (Lipinski definition) is 4. The second-order valence-corrected chi connectivity index (χ2v) is 6.81. The molecule has 0 radical (unpaired) electrons. The number of rotatable bonds is 6. The van der Waals surface area contributed by atoms with E-state index in [0.717, 1.165) is 37.2 Å². The molecule has 0 bridgehead atoms. The van der Waals surface area contributed by atoms with Crippen LogP contribution in [0.2, 0.25) is 0 Å². The summed E-state index contributed by atoms with van der Waals surface area (Å²) < 4.78 is 0. The molecule has 128 valence electrons. The second-order valence-electron chi connectivity index (χ2n) is 6.81. The molecule has 24 heavy (non-hydrogen) atoms. The maximum atomic E-state index is 4.70. The molecule has 1 atom stereocenters. The number of nitrogens with one attached hydrogen (secondary N) is 1. The Bertz CT molecular complexity index is 621. The van der Waals surface area contributed by atoms with Gasteiger partial charge in [-0.3, -0.25) is 0 Å². The fourth-order valence-corrected chi connectivity index (χ4v) is 3.23. The van der Waals surface area contributed by atoms with Gasteiger partial charge in [0.25, 0.3) is 0 Å². The molecule has 1 N–H and O–H groups in total. The second kappa shape index (κ2) is 8.13. The first kappa shape index (κ1) is 16.7. The molecular formula is C20H28N4. The van der Waals surface area contributed by atoms with Crippen LogP contribution in [0.4, 0.5) is 11.8 Å². The molecule has 0 spiro atoms. The van der Waals surface area contributed by atoms with E-state index in [-0.39, 0.29) is 0 Å². The van der Waals surface area contributed by atoms with Crippen LogP contribution < -0.4 is 10.2 Å². The van der Waals surface area contributed by atoms with Crippen LogP contribution in [-0.4, -0.2) is 29.1 Å². The van der Waals surface area contributed by atoms with Crippen LogP contribution in [0.15, 0.2) is 42.6 Å². The van der Waals surface area contributed by atoms with Gasteiger partial charge in [0.1, 0.15) is 5.82 Å². The zero-order chi connectivity index (χ0) is 16.8. The molecule has 1 unspecified atom stereocenters. The Morgan fingerprint density at radius 2 is 1.92 bits per heavy atom. The Hall–Kier alpha value is -2.10. The van der Waals surface area contributed by atoms with Crippen molar-refractivity contribution in [2.75, 3.05) is 23.3 Å². The van der Waals surface area contributed by atoms with Gasteiger partial charge in [-0.25, -0.2) is 4.98 Å². The molecule has 0 saturated carbocycles. The summed E-state index contributed by atoms with van der Waals surface area (Å²) in [7, 11) is 0. The van der Waals surface area contributed by atoms with Crippen LogP contribution in [0.3, 0.4) is 0 Å². The van der Waals surface area contributed by atoms with Crippen molar-refractivity contribution in [3.8, 4) is 0 Å². The summed E-state index contributed by atoms with van der Waals surface area (Å²) in [6, 6.07) is 13.3. The minimum absolute atomic E-state index is 0.400. The summed E-state index contributed by atoms with van der Waals surface area (Å²) >= 11 is 0. The number of nitrogens with zero attached hydrogens (tertiary/aromatic N) is 3. The highest BCUT2D eigenvalue weighted by Gasteiger charge is 2.20. The zero-order valence-corrected chi connectivity index (χ0v) is 14.8. The quantitative estimate of drug-likeness (QED) is 0.867. The van der Waals surface area contributed by atoms with Gasteiger partial charge in [-0.05, 0) is 50.2 Å². The number of benzene rings is 1. The van der Waals surface area contributed by atoms with Crippen molar-refractivity contribution in [1.29, 1.82) is 0 Å². The first-order chi connectivity index (χ1) is 11.7. The molecule has 1 fully saturated rings. The number of piperidine rings is 1. The van der Waals surface area contributed by atoms with Gasteiger partial charge >= 0.3 is 0 Å². The Morgan fingerprint density at radius 3 is 2.62 bits per heavy atom. The van der Waals surface area contributed by atoms with Gasteiger partial charge in [-0.1, -0.05) is 37.3 Å². The Labute approximate surface area is 145 Å². The van der Waals surface area contributed by atoms with Crippen molar-refractivity contribution >= 4 is 11.8 Å². The molecular weight excluding hydrogens is 296 g/mol. The van der Waals surface area contributed by atoms with E-state index < -0.39 is 0 Å². The molecule has 4 nitrogen and oxygen atoms in total. The molecule has 2 aromatic rings. The van der Waals surface area contributed by atoms with Crippen molar-refractivity contribution in [2.24, 2.45) is 5.92 Å². The largest absolute Gasteiger partial charge is 0.356 e. The lowest BCUT2D eigenvalue weighted by atomic mass is 9.90. The predicted molar refractivity (Wildman–Crippen MR) is 100 cm³/mol. The van der Waals surface area contributed by atoms with Gasteiger partial charge < -0.3 is 10.2 Å². The minimum Gasteiger partial charge on any atom is -0.356 e. The smallest absolute Gasteiger partial charge is 0.224 e. The Morgan fingerprint density at radius 1 is 1.17 bits per heavy atom. The van der Waals surface area contributed by atoms with E-state index in [1.807, 2.05) is 12.3 Å². The van der Waals surface area contributed by atoms with Gasteiger partial charge in [0, 0.05) is 25.3 Å². The fourth-order valence-electron chi connectivity index (χ4n) is 3.23. The maximum Gasteiger partial charge on any atom is 0.224 e. The Kier molecular flexibility index (Phi) is 5.68. The third-order valence-corrected chi connectivity index (χ3v) is 4.93. The van der Waals surface area contributed by atoms with Crippen LogP contribution in [0, 0.1) is 5.92 Å². The summed E-state index contributed by atoms with van der Waals surface area (Å²) in [6.07, 6.45) is 6.58. The maximum absolute atomic E-state index is 4.70. The van der Waals surface area contributed by atoms with Crippen molar-refractivity contribution in [2.45, 2.75) is 45.6 Å². The van der Waals surface area contributed by atoms with E-state index in [4.69, 9.17) is 4.98 Å². The zero-order valence-electron chi connectivity index (χ0n) is 14.8. The summed E-state index contributed by atoms with van der Waals surface area (Å²) in [5, 5.41) is 3.36.